The fourth-order valence-electron chi connectivity index (χ4n) is 8.95. The van der Waals surface area contributed by atoms with Gasteiger partial charge in [0.2, 0.25) is 23.6 Å². The minimum Gasteiger partial charge on any atom is -0.394 e. The second-order valence-corrected chi connectivity index (χ2v) is 18.2. The van der Waals surface area contributed by atoms with Crippen molar-refractivity contribution in [1.82, 2.24) is 30.7 Å². The predicted molar refractivity (Wildman–Crippen MR) is 219 cm³/mol. The number of hydrogen-bond acceptors (Lipinski definition) is 11. The summed E-state index contributed by atoms with van der Waals surface area (Å²) in [6, 6.07) is 1.52. The van der Waals surface area contributed by atoms with E-state index < -0.39 is 123 Å². The van der Waals surface area contributed by atoms with Crippen molar-refractivity contribution in [2.24, 2.45) is 5.92 Å². The van der Waals surface area contributed by atoms with Gasteiger partial charge >= 0.3 is 13.9 Å². The summed E-state index contributed by atoms with van der Waals surface area (Å²) >= 11 is 0. The number of benzene rings is 2. The molecule has 3 aliphatic heterocycles. The highest BCUT2D eigenvalue weighted by atomic mass is 31.2. The molecule has 9 atom stereocenters. The molecular weight excluding hydrogens is 851 g/mol. The van der Waals surface area contributed by atoms with Crippen LogP contribution >= 0.6 is 7.82 Å². The van der Waals surface area contributed by atoms with Crippen LogP contribution in [0.25, 0.3) is 0 Å². The van der Waals surface area contributed by atoms with Gasteiger partial charge in [-0.15, -0.1) is 0 Å². The summed E-state index contributed by atoms with van der Waals surface area (Å²) < 4.78 is 45.3. The Bertz CT molecular complexity index is 2110. The Morgan fingerprint density at radius 1 is 0.984 bits per heavy atom. The molecule has 63 heavy (non-hydrogen) atoms. The highest BCUT2D eigenvalue weighted by Crippen LogP contribution is 2.48. The summed E-state index contributed by atoms with van der Waals surface area (Å²) in [5.41, 5.74) is 0.381. The molecule has 344 valence electrons. The lowest BCUT2D eigenvalue weighted by Gasteiger charge is -2.40. The number of aliphatic hydroxyl groups is 2. The average Bonchev–Trinajstić information content (AvgIpc) is 3.48. The Morgan fingerprint density at radius 3 is 2.27 bits per heavy atom. The van der Waals surface area contributed by atoms with Gasteiger partial charge in [-0.1, -0.05) is 24.6 Å². The lowest BCUT2D eigenvalue weighted by Crippen LogP contribution is -2.62. The third-order valence-electron chi connectivity index (χ3n) is 12.0. The number of ketones is 1. The van der Waals surface area contributed by atoms with Gasteiger partial charge in [-0.25, -0.2) is 18.1 Å². The summed E-state index contributed by atoms with van der Waals surface area (Å²) in [4.78, 5) is 104. The third-order valence-corrected chi connectivity index (χ3v) is 12.6. The number of aliphatic hydroxyl groups excluding tert-OH is 2. The van der Waals surface area contributed by atoms with Crippen molar-refractivity contribution in [2.45, 2.75) is 114 Å². The highest BCUT2D eigenvalue weighted by molar-refractivity contribution is 7.46. The number of carbonyl (C=O) groups is 6. The molecule has 6 amide bonds. The van der Waals surface area contributed by atoms with Crippen LogP contribution < -0.4 is 21.3 Å². The van der Waals surface area contributed by atoms with Crippen molar-refractivity contribution in [1.29, 1.82) is 0 Å². The number of urea groups is 1. The van der Waals surface area contributed by atoms with Crippen molar-refractivity contribution in [2.75, 3.05) is 31.6 Å². The number of carbonyl (C=O) groups excluding carboxylic acids is 6. The van der Waals surface area contributed by atoms with Crippen LogP contribution in [0.4, 0.5) is 19.3 Å². The number of Topliss-reactive ketones (excluding diaryl/α,β-unsaturated/α-hetero) is 1. The average molecular weight is 906 g/mol. The molecule has 19 nitrogen and oxygen atoms in total. The molecule has 22 heteroatoms. The first kappa shape index (κ1) is 47.6. The molecule has 2 aromatic carbocycles. The fraction of sp³-hybridized carbons (Fsp3) is 0.561. The number of halogens is 2. The fourth-order valence-corrected chi connectivity index (χ4v) is 9.49. The Morgan fingerprint density at radius 2 is 1.65 bits per heavy atom. The van der Waals surface area contributed by atoms with Gasteiger partial charge in [0.15, 0.2) is 5.78 Å². The van der Waals surface area contributed by atoms with Crippen LogP contribution in [-0.4, -0.2) is 144 Å². The largest absolute Gasteiger partial charge is 0.469 e. The molecule has 1 spiro atoms. The number of rotatable bonds is 15. The smallest absolute Gasteiger partial charge is 0.394 e. The number of nitrogens with one attached hydrogen (secondary N) is 4. The van der Waals surface area contributed by atoms with Crippen molar-refractivity contribution < 1.29 is 66.6 Å². The Labute approximate surface area is 362 Å². The number of nitrogens with zero attached hydrogens (tertiary/aromatic N) is 3. The number of aryl methyl sites for hydroxylation is 1. The van der Waals surface area contributed by atoms with Crippen LogP contribution in [0.2, 0.25) is 0 Å². The summed E-state index contributed by atoms with van der Waals surface area (Å²) in [5, 5.41) is 32.4. The van der Waals surface area contributed by atoms with E-state index in [0.717, 1.165) is 22.6 Å². The van der Waals surface area contributed by atoms with Gasteiger partial charge in [0.25, 0.3) is 0 Å². The van der Waals surface area contributed by atoms with Gasteiger partial charge in [0, 0.05) is 50.7 Å². The highest BCUT2D eigenvalue weighted by Gasteiger charge is 2.63. The Hall–Kier alpha value is -4.89. The van der Waals surface area contributed by atoms with Crippen molar-refractivity contribution >= 4 is 49.0 Å². The minimum absolute atomic E-state index is 0.0292. The van der Waals surface area contributed by atoms with Gasteiger partial charge in [-0.3, -0.25) is 33.4 Å². The number of piperidine rings is 1. The molecule has 1 saturated carbocycles. The Balaban J connectivity index is 1.19. The normalized spacial score (nSPS) is 25.6. The molecule has 0 radical (unpaired) electrons. The van der Waals surface area contributed by atoms with Crippen LogP contribution in [0.5, 0.6) is 0 Å². The van der Waals surface area contributed by atoms with Gasteiger partial charge in [-0.05, 0) is 75.3 Å². The summed E-state index contributed by atoms with van der Waals surface area (Å²) in [6.07, 6.45) is -2.19. The molecule has 1 aliphatic carbocycles. The van der Waals surface area contributed by atoms with Crippen LogP contribution in [0, 0.1) is 24.5 Å². The van der Waals surface area contributed by atoms with Crippen LogP contribution in [0.3, 0.4) is 0 Å². The van der Waals surface area contributed by atoms with E-state index >= 15 is 0 Å². The molecule has 6 rings (SSSR count). The molecule has 4 fully saturated rings. The monoisotopic (exact) mass is 905 g/mol. The third kappa shape index (κ3) is 11.4. The number of anilines is 1. The Kier molecular flexibility index (Phi) is 14.7. The number of likely N-dealkylation sites (tertiary alicyclic amines) is 3. The number of phosphoric acid groups is 1. The second-order valence-electron chi connectivity index (χ2n) is 17.0. The van der Waals surface area contributed by atoms with Gasteiger partial charge < -0.3 is 51.1 Å². The first-order valence-electron chi connectivity index (χ1n) is 20.8. The molecule has 1 unspecified atom stereocenters. The number of amides is 6. The lowest BCUT2D eigenvalue weighted by atomic mass is 9.99. The topological polar surface area (TPSA) is 267 Å². The number of phosphoric ester groups is 1. The maximum absolute atomic E-state index is 14.5. The molecular formula is C41H54F2N7O12P. The molecule has 0 aromatic heterocycles. The summed E-state index contributed by atoms with van der Waals surface area (Å²) in [7, 11) is -5.16. The summed E-state index contributed by atoms with van der Waals surface area (Å²) in [6.45, 7) is 4.21. The van der Waals surface area contributed by atoms with E-state index in [0.29, 0.717) is 37.6 Å². The van der Waals surface area contributed by atoms with Crippen LogP contribution in [-0.2, 0) is 39.5 Å². The van der Waals surface area contributed by atoms with Crippen molar-refractivity contribution in [3.63, 3.8) is 0 Å². The van der Waals surface area contributed by atoms with E-state index in [9.17, 15) is 62.1 Å². The minimum atomic E-state index is -5.16. The van der Waals surface area contributed by atoms with Gasteiger partial charge in [0.05, 0.1) is 24.8 Å². The maximum Gasteiger partial charge on any atom is 0.469 e. The van der Waals surface area contributed by atoms with Crippen molar-refractivity contribution in [3.05, 3.63) is 65.2 Å². The maximum atomic E-state index is 14.5. The molecule has 2 aromatic rings. The lowest BCUT2D eigenvalue weighted by molar-refractivity contribution is -0.151. The van der Waals surface area contributed by atoms with E-state index in [1.54, 1.807) is 24.3 Å². The first-order chi connectivity index (χ1) is 29.7. The molecule has 3 heterocycles. The van der Waals surface area contributed by atoms with Crippen LogP contribution in [0.1, 0.15) is 63.5 Å². The predicted octanol–water partition coefficient (Wildman–Crippen LogP) is 0.820. The van der Waals surface area contributed by atoms with E-state index in [2.05, 4.69) is 21.3 Å². The molecule has 0 bridgehead atoms. The van der Waals surface area contributed by atoms with E-state index in [-0.39, 0.29) is 36.7 Å². The van der Waals surface area contributed by atoms with E-state index in [1.807, 2.05) is 13.8 Å². The standard InChI is InChI=1S/C41H54F2N7O12P/c1-22-7-9-28(10-8-22)45-40(58)47-30(14-25-12-26(42)15-27(43)13-25)35(53)46-31(21-51)38(56)49-20-29(62-63(59,60)61)16-33(49)39(57)48-11-5-4-6-32(48)36(54)44-24(3)37(55)50-19-23(2)17-41(50)18-34(41)52/h7-10,12-13,15,23-24,29-33,38,51,56H,4-6,11,14,16-21H2,1-3H3,(H,44,54)(H,46,53)(H2,45,47,58)(H2,59,60,61)/t23-,24+,29-,30+,31+,32+,33+,38?,41+/m1/s1. The van der Waals surface area contributed by atoms with Crippen molar-refractivity contribution in [3.8, 4) is 0 Å². The second kappa shape index (κ2) is 19.5. The zero-order valence-electron chi connectivity index (χ0n) is 35.0. The van der Waals surface area contributed by atoms with Gasteiger partial charge in [-0.2, -0.15) is 0 Å². The zero-order chi connectivity index (χ0) is 46.0. The molecule has 3 saturated heterocycles. The van der Waals surface area contributed by atoms with E-state index in [4.69, 9.17) is 4.52 Å². The van der Waals surface area contributed by atoms with Gasteiger partial charge in [0.1, 0.15) is 41.5 Å². The molecule has 4 aliphatic rings. The summed E-state index contributed by atoms with van der Waals surface area (Å²) in [5.74, 6) is -4.70. The first-order valence-corrected chi connectivity index (χ1v) is 22.3. The molecule has 8 N–H and O–H groups in total. The number of hydrogen-bond donors (Lipinski definition) is 8. The zero-order valence-corrected chi connectivity index (χ0v) is 35.9. The van der Waals surface area contributed by atoms with E-state index in [1.165, 1.54) is 16.7 Å². The quantitative estimate of drug-likeness (QED) is 0.115. The SMILES string of the molecule is Cc1ccc(NC(=O)N[C@@H](Cc2cc(F)cc(F)c2)C(=O)N[C@@H](CO)C(O)N2C[C@H](OP(=O)(O)O)C[C@H]2C(=O)N2CCCC[C@H]2C(=O)N[C@@H](C)C(=O)N2C[C@H](C)C[C@@]23CC3=O)cc1. The van der Waals surface area contributed by atoms with Crippen LogP contribution in [0.15, 0.2) is 42.5 Å².